The van der Waals surface area contributed by atoms with Crippen LogP contribution in [0, 0.1) is 0 Å². The number of aliphatic hydroxyl groups excluding tert-OH is 1. The molecule has 1 aromatic carbocycles. The molecular weight excluding hydrogens is 463 g/mol. The second-order valence-corrected chi connectivity index (χ2v) is 7.35. The van der Waals surface area contributed by atoms with Crippen LogP contribution in [0.2, 0.25) is 5.02 Å². The minimum Gasteiger partial charge on any atom is -0.386 e. The molecule has 0 spiro atoms. The quantitative estimate of drug-likeness (QED) is 0.324. The Kier molecular flexibility index (Phi) is 8.93. The van der Waals surface area contributed by atoms with Crippen molar-refractivity contribution in [3.63, 3.8) is 0 Å². The Hall–Kier alpha value is -0.570. The summed E-state index contributed by atoms with van der Waals surface area (Å²) in [5, 5.41) is 17.8. The second-order valence-electron chi connectivity index (χ2n) is 6.94. The molecule has 1 aliphatic heterocycles. The number of hydrogen-bond acceptors (Lipinski definition) is 3. The summed E-state index contributed by atoms with van der Waals surface area (Å²) < 4.78 is 0. The van der Waals surface area contributed by atoms with Crippen LogP contribution in [0.3, 0.4) is 0 Å². The molecule has 1 saturated heterocycles. The third-order valence-electron chi connectivity index (χ3n) is 4.96. The molecule has 0 bridgehead atoms. The summed E-state index contributed by atoms with van der Waals surface area (Å²) in [5.41, 5.74) is 0.724. The Morgan fingerprint density at radius 2 is 1.96 bits per heavy atom. The molecule has 2 aliphatic rings. The highest BCUT2D eigenvalue weighted by atomic mass is 127. The smallest absolute Gasteiger partial charge is 0.191 e. The van der Waals surface area contributed by atoms with Gasteiger partial charge in [0.1, 0.15) is 6.10 Å². The lowest BCUT2D eigenvalue weighted by molar-refractivity contribution is 0.186. The molecule has 5 nitrogen and oxygen atoms in total. The van der Waals surface area contributed by atoms with Crippen LogP contribution in [-0.2, 0) is 0 Å². The van der Waals surface area contributed by atoms with Gasteiger partial charge in [-0.1, -0.05) is 29.8 Å². The van der Waals surface area contributed by atoms with E-state index in [0.29, 0.717) is 17.6 Å². The summed E-state index contributed by atoms with van der Waals surface area (Å²) >= 11 is 6.15. The van der Waals surface area contributed by atoms with E-state index in [0.717, 1.165) is 37.0 Å². The predicted octanol–water partition coefficient (Wildman–Crippen LogP) is 3.17. The maximum atomic E-state index is 10.4. The zero-order chi connectivity index (χ0) is 17.6. The van der Waals surface area contributed by atoms with Crippen LogP contribution in [0.4, 0.5) is 0 Å². The van der Waals surface area contributed by atoms with Gasteiger partial charge in [0.15, 0.2) is 5.96 Å². The van der Waals surface area contributed by atoms with Crippen molar-refractivity contribution in [2.75, 3.05) is 26.2 Å². The molecule has 1 saturated carbocycles. The van der Waals surface area contributed by atoms with Gasteiger partial charge in [-0.15, -0.1) is 24.0 Å². The fourth-order valence-electron chi connectivity index (χ4n) is 3.38. The van der Waals surface area contributed by atoms with E-state index in [4.69, 9.17) is 11.6 Å². The first-order chi connectivity index (χ1) is 12.2. The van der Waals surface area contributed by atoms with E-state index in [9.17, 15) is 5.11 Å². The van der Waals surface area contributed by atoms with Crippen LogP contribution < -0.4 is 10.6 Å². The van der Waals surface area contributed by atoms with Crippen LogP contribution in [0.15, 0.2) is 29.3 Å². The molecule has 26 heavy (non-hydrogen) atoms. The lowest BCUT2D eigenvalue weighted by Gasteiger charge is -2.33. The van der Waals surface area contributed by atoms with Gasteiger partial charge in [0, 0.05) is 42.3 Å². The molecule has 2 fully saturated rings. The van der Waals surface area contributed by atoms with E-state index >= 15 is 0 Å². The number of aliphatic imine (C=N–C) groups is 1. The molecule has 1 aliphatic carbocycles. The molecule has 3 rings (SSSR count). The van der Waals surface area contributed by atoms with Crippen molar-refractivity contribution < 1.29 is 5.11 Å². The zero-order valence-electron chi connectivity index (χ0n) is 15.3. The van der Waals surface area contributed by atoms with Crippen molar-refractivity contribution in [1.82, 2.24) is 15.5 Å². The fraction of sp³-hybridized carbons (Fsp3) is 0.632. The van der Waals surface area contributed by atoms with E-state index in [2.05, 4.69) is 27.4 Å². The number of halogens is 2. The average molecular weight is 493 g/mol. The molecule has 0 radical (unpaired) electrons. The Morgan fingerprint density at radius 1 is 1.27 bits per heavy atom. The molecule has 1 heterocycles. The van der Waals surface area contributed by atoms with Gasteiger partial charge in [0.2, 0.25) is 0 Å². The number of nitrogens with one attached hydrogen (secondary N) is 2. The van der Waals surface area contributed by atoms with Gasteiger partial charge in [-0.05, 0) is 38.7 Å². The highest BCUT2D eigenvalue weighted by Crippen LogP contribution is 2.29. The largest absolute Gasteiger partial charge is 0.386 e. The molecular formula is C19H30ClIN4O. The number of piperidine rings is 1. The summed E-state index contributed by atoms with van der Waals surface area (Å²) in [7, 11) is 0. The van der Waals surface area contributed by atoms with Gasteiger partial charge >= 0.3 is 0 Å². The van der Waals surface area contributed by atoms with Crippen LogP contribution in [0.25, 0.3) is 0 Å². The van der Waals surface area contributed by atoms with E-state index in [-0.39, 0.29) is 24.0 Å². The Labute approximate surface area is 178 Å². The monoisotopic (exact) mass is 492 g/mol. The molecule has 1 unspecified atom stereocenters. The van der Waals surface area contributed by atoms with Crippen LogP contribution in [0.1, 0.15) is 44.3 Å². The third-order valence-corrected chi connectivity index (χ3v) is 5.31. The third kappa shape index (κ3) is 6.25. The van der Waals surface area contributed by atoms with Gasteiger partial charge in [-0.2, -0.15) is 0 Å². The molecule has 0 amide bonds. The highest BCUT2D eigenvalue weighted by Gasteiger charge is 2.31. The van der Waals surface area contributed by atoms with Gasteiger partial charge in [0.25, 0.3) is 0 Å². The summed E-state index contributed by atoms with van der Waals surface area (Å²) in [6.45, 7) is 5.49. The summed E-state index contributed by atoms with van der Waals surface area (Å²) in [6.07, 6.45) is 4.35. The van der Waals surface area contributed by atoms with E-state index in [1.807, 2.05) is 18.2 Å². The fourth-order valence-corrected chi connectivity index (χ4v) is 3.65. The molecule has 3 N–H and O–H groups in total. The summed E-state index contributed by atoms with van der Waals surface area (Å²) in [4.78, 5) is 7.18. The molecule has 146 valence electrons. The van der Waals surface area contributed by atoms with Crippen LogP contribution in [-0.4, -0.2) is 54.2 Å². The SMILES string of the molecule is CCNC(=NCC(O)c1ccccc1Cl)NC1CCN(C2CC2)CC1.I. The summed E-state index contributed by atoms with van der Waals surface area (Å²) in [6, 6.07) is 8.68. The highest BCUT2D eigenvalue weighted by molar-refractivity contribution is 14.0. The van der Waals surface area contributed by atoms with Crippen molar-refractivity contribution in [1.29, 1.82) is 0 Å². The number of benzene rings is 1. The minimum atomic E-state index is -0.694. The van der Waals surface area contributed by atoms with Crippen LogP contribution >= 0.6 is 35.6 Å². The number of guanidine groups is 1. The number of likely N-dealkylation sites (tertiary alicyclic amines) is 1. The molecule has 1 atom stereocenters. The molecule has 0 aromatic heterocycles. The maximum absolute atomic E-state index is 10.4. The first-order valence-electron chi connectivity index (χ1n) is 9.38. The van der Waals surface area contributed by atoms with Crippen LogP contribution in [0.5, 0.6) is 0 Å². The zero-order valence-corrected chi connectivity index (χ0v) is 18.4. The minimum absolute atomic E-state index is 0. The number of nitrogens with zero attached hydrogens (tertiary/aromatic N) is 2. The van der Waals surface area contributed by atoms with Gasteiger partial charge in [-0.25, -0.2) is 0 Å². The van der Waals surface area contributed by atoms with Crippen molar-refractivity contribution in [3.8, 4) is 0 Å². The lowest BCUT2D eigenvalue weighted by Crippen LogP contribution is -2.49. The van der Waals surface area contributed by atoms with Gasteiger partial charge in [-0.3, -0.25) is 4.99 Å². The standard InChI is InChI=1S/C19H29ClN4O.HI/c1-2-21-19(22-13-18(25)16-5-3-4-6-17(16)20)23-14-9-11-24(12-10-14)15-7-8-15;/h3-6,14-15,18,25H,2,7-13H2,1H3,(H2,21,22,23);1H. The summed E-state index contributed by atoms with van der Waals surface area (Å²) in [5.74, 6) is 0.776. The van der Waals surface area contributed by atoms with E-state index in [1.54, 1.807) is 6.07 Å². The number of hydrogen-bond donors (Lipinski definition) is 3. The Bertz CT molecular complexity index is 589. The number of rotatable bonds is 6. The predicted molar refractivity (Wildman–Crippen MR) is 119 cm³/mol. The molecule has 1 aromatic rings. The first-order valence-corrected chi connectivity index (χ1v) is 9.76. The van der Waals surface area contributed by atoms with E-state index < -0.39 is 6.10 Å². The maximum Gasteiger partial charge on any atom is 0.191 e. The number of aliphatic hydroxyl groups is 1. The topological polar surface area (TPSA) is 59.9 Å². The van der Waals surface area contributed by atoms with E-state index in [1.165, 1.54) is 25.9 Å². The Balaban J connectivity index is 0.00000243. The van der Waals surface area contributed by atoms with Gasteiger partial charge in [0.05, 0.1) is 6.54 Å². The van der Waals surface area contributed by atoms with Crippen molar-refractivity contribution in [3.05, 3.63) is 34.9 Å². The van der Waals surface area contributed by atoms with Crippen molar-refractivity contribution in [2.24, 2.45) is 4.99 Å². The first kappa shape index (κ1) is 21.7. The second kappa shape index (κ2) is 10.7. The van der Waals surface area contributed by atoms with Gasteiger partial charge < -0.3 is 20.6 Å². The van der Waals surface area contributed by atoms with Crippen molar-refractivity contribution >= 4 is 41.5 Å². The Morgan fingerprint density at radius 3 is 2.58 bits per heavy atom. The lowest BCUT2D eigenvalue weighted by atomic mass is 10.1. The molecule has 7 heteroatoms. The van der Waals surface area contributed by atoms with Crippen molar-refractivity contribution in [2.45, 2.75) is 50.8 Å². The normalized spacial score (nSPS) is 20.3. The average Bonchev–Trinajstić information content (AvgIpc) is 3.46.